The van der Waals surface area contributed by atoms with Crippen LogP contribution in [0.25, 0.3) is 11.1 Å². The maximum atomic E-state index is 8.89. The Morgan fingerprint density at radius 3 is 2.29 bits per heavy atom. The van der Waals surface area contributed by atoms with Gasteiger partial charge in [-0.05, 0) is 35.4 Å². The van der Waals surface area contributed by atoms with Gasteiger partial charge in [0.25, 0.3) is 0 Å². The molecule has 0 fully saturated rings. The van der Waals surface area contributed by atoms with E-state index in [-0.39, 0.29) is 0 Å². The van der Waals surface area contributed by atoms with Gasteiger partial charge in [-0.3, -0.25) is 0 Å². The number of nitriles is 1. The first-order valence-electron chi connectivity index (χ1n) is 6.64. The molecule has 2 aromatic carbocycles. The zero-order valence-corrected chi connectivity index (χ0v) is 11.3. The molecule has 100 valence electrons. The number of pyridine rings is 1. The minimum absolute atomic E-state index is 0.591. The summed E-state index contributed by atoms with van der Waals surface area (Å²) in [6.45, 7) is 0. The van der Waals surface area contributed by atoms with E-state index >= 15 is 0 Å². The fourth-order valence-electron chi connectivity index (χ4n) is 2.09. The minimum Gasteiger partial charge on any atom is -0.340 e. The second-order valence-electron chi connectivity index (χ2n) is 4.61. The molecule has 0 radical (unpaired) electrons. The van der Waals surface area contributed by atoms with Gasteiger partial charge in [0.15, 0.2) is 0 Å². The molecule has 1 aromatic heterocycles. The standard InChI is InChI=1S/C18H13N3/c19-13-14-10-11-20-18(12-14)21-17-8-6-16(7-9-17)15-4-2-1-3-5-15/h1-12H,(H,20,21). The van der Waals surface area contributed by atoms with Crippen LogP contribution < -0.4 is 5.32 Å². The number of benzene rings is 2. The van der Waals surface area contributed by atoms with Gasteiger partial charge in [-0.1, -0.05) is 42.5 Å². The molecule has 0 unspecified atom stereocenters. The van der Waals surface area contributed by atoms with Crippen molar-refractivity contribution < 1.29 is 0 Å². The summed E-state index contributed by atoms with van der Waals surface area (Å²) >= 11 is 0. The Morgan fingerprint density at radius 1 is 0.857 bits per heavy atom. The van der Waals surface area contributed by atoms with Gasteiger partial charge in [-0.15, -0.1) is 0 Å². The fraction of sp³-hybridized carbons (Fsp3) is 0. The summed E-state index contributed by atoms with van der Waals surface area (Å²) in [5, 5.41) is 12.1. The number of anilines is 2. The van der Waals surface area contributed by atoms with E-state index in [0.29, 0.717) is 11.4 Å². The molecule has 3 heteroatoms. The molecule has 3 rings (SSSR count). The molecule has 0 amide bonds. The zero-order chi connectivity index (χ0) is 14.5. The minimum atomic E-state index is 0.591. The second-order valence-corrected chi connectivity index (χ2v) is 4.61. The Balaban J connectivity index is 1.80. The molecule has 1 N–H and O–H groups in total. The van der Waals surface area contributed by atoms with Crippen molar-refractivity contribution in [3.8, 4) is 17.2 Å². The summed E-state index contributed by atoms with van der Waals surface area (Å²) in [5.74, 6) is 0.668. The molecular formula is C18H13N3. The third-order valence-electron chi connectivity index (χ3n) is 3.15. The van der Waals surface area contributed by atoms with Gasteiger partial charge < -0.3 is 5.32 Å². The van der Waals surface area contributed by atoms with Gasteiger partial charge in [0.2, 0.25) is 0 Å². The highest BCUT2D eigenvalue weighted by molar-refractivity contribution is 5.67. The lowest BCUT2D eigenvalue weighted by Crippen LogP contribution is -1.93. The van der Waals surface area contributed by atoms with Crippen LogP contribution in [-0.2, 0) is 0 Å². The third kappa shape index (κ3) is 3.07. The highest BCUT2D eigenvalue weighted by atomic mass is 15.0. The van der Waals surface area contributed by atoms with Crippen molar-refractivity contribution >= 4 is 11.5 Å². The van der Waals surface area contributed by atoms with Crippen LogP contribution >= 0.6 is 0 Å². The predicted molar refractivity (Wildman–Crippen MR) is 84.1 cm³/mol. The van der Waals surface area contributed by atoms with E-state index in [1.807, 2.05) is 30.3 Å². The van der Waals surface area contributed by atoms with Crippen LogP contribution in [0.2, 0.25) is 0 Å². The summed E-state index contributed by atoms with van der Waals surface area (Å²) < 4.78 is 0. The van der Waals surface area contributed by atoms with Crippen molar-refractivity contribution in [2.24, 2.45) is 0 Å². The first kappa shape index (κ1) is 12.9. The number of nitrogens with zero attached hydrogens (tertiary/aromatic N) is 2. The number of aromatic nitrogens is 1. The SMILES string of the molecule is N#Cc1ccnc(Nc2ccc(-c3ccccc3)cc2)c1. The summed E-state index contributed by atoms with van der Waals surface area (Å²) in [5.41, 5.74) is 3.89. The van der Waals surface area contributed by atoms with E-state index in [9.17, 15) is 0 Å². The Kier molecular flexibility index (Phi) is 3.62. The van der Waals surface area contributed by atoms with Crippen molar-refractivity contribution in [1.82, 2.24) is 4.98 Å². The van der Waals surface area contributed by atoms with E-state index in [0.717, 1.165) is 5.69 Å². The van der Waals surface area contributed by atoms with Crippen molar-refractivity contribution in [2.45, 2.75) is 0 Å². The molecule has 0 saturated heterocycles. The normalized spacial score (nSPS) is 9.86. The molecule has 0 saturated carbocycles. The highest BCUT2D eigenvalue weighted by Gasteiger charge is 2.00. The Bertz CT molecular complexity index is 772. The molecule has 0 aliphatic heterocycles. The van der Waals surface area contributed by atoms with Crippen molar-refractivity contribution in [1.29, 1.82) is 5.26 Å². The van der Waals surface area contributed by atoms with Gasteiger partial charge in [-0.2, -0.15) is 5.26 Å². The van der Waals surface area contributed by atoms with Crippen LogP contribution in [0.4, 0.5) is 11.5 Å². The van der Waals surface area contributed by atoms with Crippen molar-refractivity contribution in [3.05, 3.63) is 78.5 Å². The van der Waals surface area contributed by atoms with Crippen LogP contribution in [0.15, 0.2) is 72.9 Å². The van der Waals surface area contributed by atoms with Gasteiger partial charge in [0, 0.05) is 11.9 Å². The Morgan fingerprint density at radius 2 is 1.57 bits per heavy atom. The lowest BCUT2D eigenvalue weighted by atomic mass is 10.1. The van der Waals surface area contributed by atoms with Crippen LogP contribution in [-0.4, -0.2) is 4.98 Å². The Labute approximate surface area is 123 Å². The van der Waals surface area contributed by atoms with Gasteiger partial charge in [-0.25, -0.2) is 4.98 Å². The van der Waals surface area contributed by atoms with E-state index in [4.69, 9.17) is 5.26 Å². The summed E-state index contributed by atoms with van der Waals surface area (Å²) in [6.07, 6.45) is 1.62. The van der Waals surface area contributed by atoms with Gasteiger partial charge in [0.1, 0.15) is 5.82 Å². The molecule has 0 bridgehead atoms. The maximum absolute atomic E-state index is 8.89. The lowest BCUT2D eigenvalue weighted by Gasteiger charge is -2.07. The second kappa shape index (κ2) is 5.89. The molecule has 1 heterocycles. The van der Waals surface area contributed by atoms with Crippen LogP contribution in [0.5, 0.6) is 0 Å². The number of nitrogens with one attached hydrogen (secondary N) is 1. The van der Waals surface area contributed by atoms with Crippen LogP contribution in [0, 0.1) is 11.3 Å². The summed E-state index contributed by atoms with van der Waals surface area (Å²) in [6, 6.07) is 23.9. The molecule has 3 nitrogen and oxygen atoms in total. The van der Waals surface area contributed by atoms with E-state index < -0.39 is 0 Å². The summed E-state index contributed by atoms with van der Waals surface area (Å²) in [7, 11) is 0. The molecule has 0 atom stereocenters. The van der Waals surface area contributed by atoms with Crippen LogP contribution in [0.1, 0.15) is 5.56 Å². The monoisotopic (exact) mass is 271 g/mol. The van der Waals surface area contributed by atoms with Gasteiger partial charge in [0.05, 0.1) is 11.6 Å². The molecule has 0 aliphatic rings. The lowest BCUT2D eigenvalue weighted by molar-refractivity contribution is 1.29. The van der Waals surface area contributed by atoms with E-state index in [1.165, 1.54) is 11.1 Å². The molecule has 3 aromatic rings. The maximum Gasteiger partial charge on any atom is 0.131 e. The quantitative estimate of drug-likeness (QED) is 0.769. The number of hydrogen-bond acceptors (Lipinski definition) is 3. The number of rotatable bonds is 3. The van der Waals surface area contributed by atoms with Crippen molar-refractivity contribution in [2.75, 3.05) is 5.32 Å². The van der Waals surface area contributed by atoms with Gasteiger partial charge >= 0.3 is 0 Å². The smallest absolute Gasteiger partial charge is 0.131 e. The first-order chi connectivity index (χ1) is 10.3. The van der Waals surface area contributed by atoms with E-state index in [1.54, 1.807) is 18.3 Å². The molecule has 21 heavy (non-hydrogen) atoms. The molecule has 0 spiro atoms. The van der Waals surface area contributed by atoms with Crippen molar-refractivity contribution in [3.63, 3.8) is 0 Å². The average molecular weight is 271 g/mol. The topological polar surface area (TPSA) is 48.7 Å². The first-order valence-corrected chi connectivity index (χ1v) is 6.64. The summed E-state index contributed by atoms with van der Waals surface area (Å²) in [4.78, 5) is 4.20. The van der Waals surface area contributed by atoms with E-state index in [2.05, 4.69) is 40.6 Å². The average Bonchev–Trinajstić information content (AvgIpc) is 2.56. The molecule has 0 aliphatic carbocycles. The highest BCUT2D eigenvalue weighted by Crippen LogP contribution is 2.22. The third-order valence-corrected chi connectivity index (χ3v) is 3.15. The Hall–Kier alpha value is -3.12. The van der Waals surface area contributed by atoms with Crippen LogP contribution in [0.3, 0.4) is 0 Å². The predicted octanol–water partition coefficient (Wildman–Crippen LogP) is 4.36. The zero-order valence-electron chi connectivity index (χ0n) is 11.3. The fourth-order valence-corrected chi connectivity index (χ4v) is 2.09. The number of hydrogen-bond donors (Lipinski definition) is 1. The largest absolute Gasteiger partial charge is 0.340 e. The molecular weight excluding hydrogens is 258 g/mol.